The Morgan fingerprint density at radius 3 is 2.20 bits per heavy atom. The van der Waals surface area contributed by atoms with Gasteiger partial charge in [-0.15, -0.1) is 0 Å². The van der Waals surface area contributed by atoms with Gasteiger partial charge in [-0.05, 0) is 49.6 Å². The number of nitrogens with one attached hydrogen (secondary N) is 2. The highest BCUT2D eigenvalue weighted by Crippen LogP contribution is 2.27. The summed E-state index contributed by atoms with van der Waals surface area (Å²) in [4.78, 5) is 12.1. The smallest absolute Gasteiger partial charge is 0.239 e. The van der Waals surface area contributed by atoms with Crippen LogP contribution >= 0.6 is 0 Å². The molecule has 0 radical (unpaired) electrons. The molecule has 2 N–H and O–H groups in total. The third-order valence-corrected chi connectivity index (χ3v) is 4.04. The molecule has 25 heavy (non-hydrogen) atoms. The molecule has 1 amide bonds. The number of amides is 1. The zero-order chi connectivity index (χ0) is 18.4. The maximum Gasteiger partial charge on any atom is 0.239 e. The lowest BCUT2D eigenvalue weighted by Crippen LogP contribution is -2.29. The summed E-state index contributed by atoms with van der Waals surface area (Å²) < 4.78 is 10.5. The highest BCUT2D eigenvalue weighted by atomic mass is 16.5. The van der Waals surface area contributed by atoms with Crippen LogP contribution in [-0.4, -0.2) is 26.7 Å². The van der Waals surface area contributed by atoms with E-state index in [9.17, 15) is 4.79 Å². The van der Waals surface area contributed by atoms with Gasteiger partial charge in [-0.25, -0.2) is 0 Å². The highest BCUT2D eigenvalue weighted by Gasteiger charge is 2.08. The van der Waals surface area contributed by atoms with Crippen LogP contribution in [0.4, 0.5) is 5.69 Å². The summed E-state index contributed by atoms with van der Waals surface area (Å²) in [7, 11) is 3.19. The maximum atomic E-state index is 12.1. The predicted molar refractivity (Wildman–Crippen MR) is 101 cm³/mol. The van der Waals surface area contributed by atoms with Crippen molar-refractivity contribution in [2.24, 2.45) is 0 Å². The van der Waals surface area contributed by atoms with Crippen LogP contribution in [-0.2, 0) is 11.3 Å². The van der Waals surface area contributed by atoms with Gasteiger partial charge in [0.05, 0.1) is 20.8 Å². The summed E-state index contributed by atoms with van der Waals surface area (Å²) in [6.45, 7) is 6.83. The Labute approximate surface area is 149 Å². The van der Waals surface area contributed by atoms with E-state index in [1.807, 2.05) is 32.0 Å². The molecule has 2 rings (SSSR count). The predicted octanol–water partition coefficient (Wildman–Crippen LogP) is 3.36. The molecule has 134 valence electrons. The number of rotatable bonds is 7. The molecule has 0 heterocycles. The Kier molecular flexibility index (Phi) is 6.28. The molecule has 2 aromatic rings. The van der Waals surface area contributed by atoms with E-state index in [2.05, 4.69) is 29.7 Å². The lowest BCUT2D eigenvalue weighted by Gasteiger charge is -2.14. The van der Waals surface area contributed by atoms with Gasteiger partial charge in [0.2, 0.25) is 5.91 Å². The summed E-state index contributed by atoms with van der Waals surface area (Å²) in [5.41, 5.74) is 5.48. The molecule has 2 aromatic carbocycles. The molecule has 0 atom stereocenters. The average molecular weight is 342 g/mol. The lowest BCUT2D eigenvalue weighted by atomic mass is 10.1. The molecule has 0 saturated carbocycles. The average Bonchev–Trinajstić information content (AvgIpc) is 2.58. The Morgan fingerprint density at radius 1 is 0.960 bits per heavy atom. The number of anilines is 1. The molecule has 5 heteroatoms. The van der Waals surface area contributed by atoms with Crippen molar-refractivity contribution in [3.05, 3.63) is 52.6 Å². The van der Waals surface area contributed by atoms with E-state index in [1.54, 1.807) is 14.2 Å². The van der Waals surface area contributed by atoms with Crippen LogP contribution in [0.25, 0.3) is 0 Å². The standard InChI is InChI=1S/C20H26N2O3/c1-13-8-14(2)20(15(3)9-13)22-12-19(23)21-11-16-6-7-17(24-4)18(10-16)25-5/h6-10,22H,11-12H2,1-5H3,(H,21,23). The van der Waals surface area contributed by atoms with E-state index >= 15 is 0 Å². The lowest BCUT2D eigenvalue weighted by molar-refractivity contribution is -0.119. The number of ether oxygens (including phenoxy) is 2. The van der Waals surface area contributed by atoms with Gasteiger partial charge >= 0.3 is 0 Å². The van der Waals surface area contributed by atoms with Crippen molar-refractivity contribution in [3.8, 4) is 11.5 Å². The van der Waals surface area contributed by atoms with Gasteiger partial charge in [0.25, 0.3) is 0 Å². The van der Waals surface area contributed by atoms with Gasteiger partial charge < -0.3 is 20.1 Å². The fourth-order valence-corrected chi connectivity index (χ4v) is 2.88. The topological polar surface area (TPSA) is 59.6 Å². The number of methoxy groups -OCH3 is 2. The summed E-state index contributed by atoms with van der Waals surface area (Å²) >= 11 is 0. The third-order valence-electron chi connectivity index (χ3n) is 4.04. The highest BCUT2D eigenvalue weighted by molar-refractivity contribution is 5.81. The van der Waals surface area contributed by atoms with Crippen LogP contribution in [0.15, 0.2) is 30.3 Å². The molecule has 0 saturated heterocycles. The molecule has 0 bridgehead atoms. The first-order chi connectivity index (χ1) is 11.9. The monoisotopic (exact) mass is 342 g/mol. The van der Waals surface area contributed by atoms with Crippen molar-refractivity contribution in [2.75, 3.05) is 26.1 Å². The van der Waals surface area contributed by atoms with Crippen LogP contribution in [0.1, 0.15) is 22.3 Å². The van der Waals surface area contributed by atoms with Crippen molar-refractivity contribution in [1.82, 2.24) is 5.32 Å². The Hall–Kier alpha value is -2.69. The van der Waals surface area contributed by atoms with Gasteiger partial charge in [-0.1, -0.05) is 23.8 Å². The number of benzene rings is 2. The summed E-state index contributed by atoms with van der Waals surface area (Å²) in [6.07, 6.45) is 0. The summed E-state index contributed by atoms with van der Waals surface area (Å²) in [5, 5.41) is 6.14. The van der Waals surface area contributed by atoms with E-state index in [4.69, 9.17) is 9.47 Å². The Balaban J connectivity index is 1.91. The number of hydrogen-bond donors (Lipinski definition) is 2. The second kappa shape index (κ2) is 8.42. The summed E-state index contributed by atoms with van der Waals surface area (Å²) in [6, 6.07) is 9.81. The SMILES string of the molecule is COc1ccc(CNC(=O)CNc2c(C)cc(C)cc2C)cc1OC. The third kappa shape index (κ3) is 4.89. The first kappa shape index (κ1) is 18.6. The molecule has 0 aliphatic rings. The molecule has 0 spiro atoms. The van der Waals surface area contributed by atoms with Gasteiger partial charge in [-0.2, -0.15) is 0 Å². The van der Waals surface area contributed by atoms with Crippen molar-refractivity contribution in [1.29, 1.82) is 0 Å². The fourth-order valence-electron chi connectivity index (χ4n) is 2.88. The minimum atomic E-state index is -0.0610. The van der Waals surface area contributed by atoms with E-state index in [0.29, 0.717) is 18.0 Å². The van der Waals surface area contributed by atoms with Crippen LogP contribution in [0.3, 0.4) is 0 Å². The van der Waals surface area contributed by atoms with E-state index in [0.717, 1.165) is 22.4 Å². The molecular formula is C20H26N2O3. The fraction of sp³-hybridized carbons (Fsp3) is 0.350. The van der Waals surface area contributed by atoms with Crippen molar-refractivity contribution in [2.45, 2.75) is 27.3 Å². The van der Waals surface area contributed by atoms with Crippen LogP contribution < -0.4 is 20.1 Å². The minimum absolute atomic E-state index is 0.0610. The van der Waals surface area contributed by atoms with Gasteiger partial charge in [0.1, 0.15) is 0 Å². The normalized spacial score (nSPS) is 10.3. The van der Waals surface area contributed by atoms with E-state index in [-0.39, 0.29) is 12.5 Å². The first-order valence-corrected chi connectivity index (χ1v) is 8.24. The van der Waals surface area contributed by atoms with Crippen molar-refractivity contribution in [3.63, 3.8) is 0 Å². The molecule has 0 aliphatic heterocycles. The van der Waals surface area contributed by atoms with E-state index < -0.39 is 0 Å². The number of carbonyl (C=O) groups is 1. The van der Waals surface area contributed by atoms with Gasteiger partial charge in [-0.3, -0.25) is 4.79 Å². The van der Waals surface area contributed by atoms with Crippen LogP contribution in [0.5, 0.6) is 11.5 Å². The van der Waals surface area contributed by atoms with Gasteiger partial charge in [0.15, 0.2) is 11.5 Å². The van der Waals surface area contributed by atoms with E-state index in [1.165, 1.54) is 5.56 Å². The first-order valence-electron chi connectivity index (χ1n) is 8.24. The molecule has 0 aliphatic carbocycles. The molecule has 5 nitrogen and oxygen atoms in total. The quantitative estimate of drug-likeness (QED) is 0.810. The van der Waals surface area contributed by atoms with Gasteiger partial charge in [0, 0.05) is 12.2 Å². The zero-order valence-corrected chi connectivity index (χ0v) is 15.5. The largest absolute Gasteiger partial charge is 0.493 e. The maximum absolute atomic E-state index is 12.1. The Bertz CT molecular complexity index is 734. The number of hydrogen-bond acceptors (Lipinski definition) is 4. The van der Waals surface area contributed by atoms with Crippen molar-refractivity contribution >= 4 is 11.6 Å². The van der Waals surface area contributed by atoms with Crippen LogP contribution in [0.2, 0.25) is 0 Å². The minimum Gasteiger partial charge on any atom is -0.493 e. The molecule has 0 aromatic heterocycles. The second-order valence-corrected chi connectivity index (χ2v) is 6.09. The van der Waals surface area contributed by atoms with Crippen LogP contribution in [0, 0.1) is 20.8 Å². The molecule has 0 unspecified atom stereocenters. The zero-order valence-electron chi connectivity index (χ0n) is 15.5. The molecular weight excluding hydrogens is 316 g/mol. The number of aryl methyl sites for hydroxylation is 3. The second-order valence-electron chi connectivity index (χ2n) is 6.09. The number of carbonyl (C=O) groups excluding carboxylic acids is 1. The summed E-state index contributed by atoms with van der Waals surface area (Å²) in [5.74, 6) is 1.26. The molecule has 0 fully saturated rings. The van der Waals surface area contributed by atoms with Crippen molar-refractivity contribution < 1.29 is 14.3 Å². The Morgan fingerprint density at radius 2 is 1.60 bits per heavy atom.